The molecule has 1 heterocycles. The van der Waals surface area contributed by atoms with E-state index >= 15 is 0 Å². The number of hydrogen-bond donors (Lipinski definition) is 2. The number of aliphatic hydroxyl groups is 1. The van der Waals surface area contributed by atoms with Crippen molar-refractivity contribution in [3.8, 4) is 0 Å². The number of benzene rings is 1. The number of aromatic nitrogens is 1. The van der Waals surface area contributed by atoms with Gasteiger partial charge in [0.05, 0.1) is 0 Å². The Kier molecular flexibility index (Phi) is 14.9. The van der Waals surface area contributed by atoms with Crippen molar-refractivity contribution in [3.05, 3.63) is 66.5 Å². The molecule has 0 fully saturated rings. The topological polar surface area (TPSA) is 102 Å². The zero-order chi connectivity index (χ0) is 14.3. The molecule has 0 aliphatic carbocycles. The van der Waals surface area contributed by atoms with E-state index in [-0.39, 0.29) is 12.1 Å². The molecule has 0 atom stereocenters. The Balaban J connectivity index is 0. The van der Waals surface area contributed by atoms with E-state index in [1.807, 2.05) is 54.6 Å². The van der Waals surface area contributed by atoms with Crippen LogP contribution in [0.1, 0.15) is 12.6 Å². The molecule has 0 spiro atoms. The lowest BCUT2D eigenvalue weighted by molar-refractivity contribution is -0.134. The largest absolute Gasteiger partial charge is 0.481 e. The number of nitrogens with zero attached hydrogens (tertiary/aromatic N) is 1. The zero-order valence-corrected chi connectivity index (χ0v) is 11.4. The third kappa shape index (κ3) is 15.8. The minimum atomic E-state index is -0.833. The van der Waals surface area contributed by atoms with E-state index in [1.165, 1.54) is 0 Å². The maximum Gasteiger partial charge on any atom is 0.300 e. The number of aliphatic hydroxyl groups excluding tert-OH is 1. The Hall–Kier alpha value is -2.24. The number of aliphatic carboxylic acids is 1. The van der Waals surface area contributed by atoms with Crippen LogP contribution in [0, 0.1) is 0 Å². The van der Waals surface area contributed by atoms with Crippen LogP contribution < -0.4 is 0 Å². The highest BCUT2D eigenvalue weighted by Gasteiger charge is 1.87. The van der Waals surface area contributed by atoms with Crippen LogP contribution in [0.4, 0.5) is 0 Å². The molecule has 0 radical (unpaired) electrons. The molecule has 4 N–H and O–H groups in total. The van der Waals surface area contributed by atoms with Gasteiger partial charge in [0.25, 0.3) is 5.97 Å². The lowest BCUT2D eigenvalue weighted by Gasteiger charge is -1.92. The van der Waals surface area contributed by atoms with Gasteiger partial charge in [-0.05, 0) is 12.1 Å². The van der Waals surface area contributed by atoms with Gasteiger partial charge in [0.15, 0.2) is 0 Å². The first-order valence-electron chi connectivity index (χ1n) is 5.87. The maximum absolute atomic E-state index is 9.00. The Labute approximate surface area is 118 Å². The number of carboxylic acids is 1. The summed E-state index contributed by atoms with van der Waals surface area (Å²) in [6, 6.07) is 17.7. The smallest absolute Gasteiger partial charge is 0.300 e. The van der Waals surface area contributed by atoms with Crippen LogP contribution >= 0.6 is 0 Å². The van der Waals surface area contributed by atoms with Gasteiger partial charge in [-0.1, -0.05) is 42.5 Å². The van der Waals surface area contributed by atoms with E-state index in [0.717, 1.165) is 12.6 Å². The van der Waals surface area contributed by atoms with Gasteiger partial charge in [0.1, 0.15) is 0 Å². The second-order valence-corrected chi connectivity index (χ2v) is 3.47. The molecule has 5 heteroatoms. The van der Waals surface area contributed by atoms with Crippen molar-refractivity contribution in [2.45, 2.75) is 13.3 Å². The Morgan fingerprint density at radius 3 is 1.80 bits per heavy atom. The van der Waals surface area contributed by atoms with Crippen LogP contribution in [-0.2, 0) is 11.2 Å². The van der Waals surface area contributed by atoms with Gasteiger partial charge in [-0.15, -0.1) is 0 Å². The Morgan fingerprint density at radius 2 is 1.50 bits per heavy atom. The summed E-state index contributed by atoms with van der Waals surface area (Å²) >= 11 is 0. The van der Waals surface area contributed by atoms with E-state index in [4.69, 9.17) is 15.0 Å². The average Bonchev–Trinajstić information content (AvgIpc) is 2.42. The molecule has 2 aromatic rings. The van der Waals surface area contributed by atoms with E-state index in [9.17, 15) is 0 Å². The summed E-state index contributed by atoms with van der Waals surface area (Å²) in [6.45, 7) is 1.26. The summed E-state index contributed by atoms with van der Waals surface area (Å²) in [5.41, 5.74) is 0.944. The van der Waals surface area contributed by atoms with Crippen LogP contribution in [0.3, 0.4) is 0 Å². The van der Waals surface area contributed by atoms with Gasteiger partial charge < -0.3 is 15.7 Å². The fourth-order valence-corrected chi connectivity index (χ4v) is 1.05. The van der Waals surface area contributed by atoms with E-state index in [0.29, 0.717) is 6.42 Å². The molecule has 2 rings (SSSR count). The molecule has 0 saturated carbocycles. The summed E-state index contributed by atoms with van der Waals surface area (Å²) in [6.07, 6.45) is 2.38. The van der Waals surface area contributed by atoms with Gasteiger partial charge >= 0.3 is 0 Å². The first-order chi connectivity index (χ1) is 9.16. The average molecular weight is 279 g/mol. The molecule has 110 valence electrons. The minimum absolute atomic E-state index is 0. The van der Waals surface area contributed by atoms with Gasteiger partial charge in [0, 0.05) is 31.8 Å². The number of carboxylic acid groups (broad SMARTS) is 1. The predicted octanol–water partition coefficient (Wildman–Crippen LogP) is 1.57. The molecule has 0 amide bonds. The molecular weight excluding hydrogens is 258 g/mol. The highest BCUT2D eigenvalue weighted by Crippen LogP contribution is 1.92. The van der Waals surface area contributed by atoms with Gasteiger partial charge in [-0.25, -0.2) is 0 Å². The third-order valence-electron chi connectivity index (χ3n) is 1.76. The van der Waals surface area contributed by atoms with Crippen molar-refractivity contribution < 1.29 is 20.5 Å². The SMILES string of the molecule is CC(=O)O.O.OCCc1ccccn1.c1ccccc1. The highest BCUT2D eigenvalue weighted by molar-refractivity contribution is 5.62. The van der Waals surface area contributed by atoms with Crippen molar-refractivity contribution in [2.75, 3.05) is 6.61 Å². The first kappa shape index (κ1) is 20.1. The summed E-state index contributed by atoms with van der Waals surface area (Å²) in [5.74, 6) is -0.833. The van der Waals surface area contributed by atoms with Gasteiger partial charge in [0.2, 0.25) is 0 Å². The normalized spacial score (nSPS) is 7.90. The third-order valence-corrected chi connectivity index (χ3v) is 1.76. The fraction of sp³-hybridized carbons (Fsp3) is 0.200. The van der Waals surface area contributed by atoms with Crippen molar-refractivity contribution in [3.63, 3.8) is 0 Å². The van der Waals surface area contributed by atoms with Crippen molar-refractivity contribution in [1.29, 1.82) is 0 Å². The summed E-state index contributed by atoms with van der Waals surface area (Å²) < 4.78 is 0. The quantitative estimate of drug-likeness (QED) is 0.871. The highest BCUT2D eigenvalue weighted by atomic mass is 16.4. The summed E-state index contributed by atoms with van der Waals surface area (Å²) in [5, 5.41) is 15.9. The van der Waals surface area contributed by atoms with Gasteiger partial charge in [-0.2, -0.15) is 0 Å². The summed E-state index contributed by atoms with van der Waals surface area (Å²) in [4.78, 5) is 13.0. The van der Waals surface area contributed by atoms with Crippen LogP contribution in [0.2, 0.25) is 0 Å². The molecule has 5 nitrogen and oxygen atoms in total. The number of carbonyl (C=O) groups is 1. The molecule has 20 heavy (non-hydrogen) atoms. The van der Waals surface area contributed by atoms with E-state index in [2.05, 4.69) is 4.98 Å². The summed E-state index contributed by atoms with van der Waals surface area (Å²) in [7, 11) is 0. The molecule has 1 aromatic heterocycles. The zero-order valence-electron chi connectivity index (χ0n) is 11.4. The molecule has 0 unspecified atom stereocenters. The second kappa shape index (κ2) is 14.8. The number of rotatable bonds is 2. The lowest BCUT2D eigenvalue weighted by Crippen LogP contribution is -1.91. The second-order valence-electron chi connectivity index (χ2n) is 3.47. The predicted molar refractivity (Wildman–Crippen MR) is 78.4 cm³/mol. The lowest BCUT2D eigenvalue weighted by atomic mass is 10.3. The standard InChI is InChI=1S/C7H9NO.C6H6.C2H4O2.H2O/c9-6-4-7-3-1-2-5-8-7;1-2-4-6-5-3-1;1-2(3)4;/h1-3,5,9H,4,6H2;1-6H;1H3,(H,3,4);1H2. The fourth-order valence-electron chi connectivity index (χ4n) is 1.05. The Bertz CT molecular complexity index is 390. The molecular formula is C15H21NO4. The molecule has 0 bridgehead atoms. The number of pyridine rings is 1. The monoisotopic (exact) mass is 279 g/mol. The van der Waals surface area contributed by atoms with Crippen LogP contribution in [-0.4, -0.2) is 33.2 Å². The molecule has 0 aliphatic rings. The maximum atomic E-state index is 9.00. The van der Waals surface area contributed by atoms with Crippen molar-refractivity contribution in [2.24, 2.45) is 0 Å². The Morgan fingerprint density at radius 1 is 1.05 bits per heavy atom. The molecule has 1 aromatic carbocycles. The minimum Gasteiger partial charge on any atom is -0.481 e. The number of hydrogen-bond acceptors (Lipinski definition) is 3. The van der Waals surface area contributed by atoms with Crippen molar-refractivity contribution in [1.82, 2.24) is 4.98 Å². The first-order valence-corrected chi connectivity index (χ1v) is 5.87. The van der Waals surface area contributed by atoms with Gasteiger partial charge in [-0.3, -0.25) is 9.78 Å². The van der Waals surface area contributed by atoms with Crippen LogP contribution in [0.15, 0.2) is 60.8 Å². The molecule has 0 aliphatic heterocycles. The molecule has 0 saturated heterocycles. The van der Waals surface area contributed by atoms with Crippen LogP contribution in [0.25, 0.3) is 0 Å². The van der Waals surface area contributed by atoms with Crippen molar-refractivity contribution >= 4 is 5.97 Å². The van der Waals surface area contributed by atoms with E-state index in [1.54, 1.807) is 6.20 Å². The van der Waals surface area contributed by atoms with Crippen LogP contribution in [0.5, 0.6) is 0 Å². The van der Waals surface area contributed by atoms with E-state index < -0.39 is 5.97 Å².